The Morgan fingerprint density at radius 1 is 1.25 bits per heavy atom. The fourth-order valence-electron chi connectivity index (χ4n) is 2.03. The lowest BCUT2D eigenvalue weighted by Crippen LogP contribution is -2.28. The van der Waals surface area contributed by atoms with Crippen LogP contribution in [0.2, 0.25) is 5.02 Å². The molecule has 0 aliphatic heterocycles. The largest absolute Gasteiger partial charge is 0.349 e. The average Bonchev–Trinajstić information content (AvgIpc) is 2.60. The number of amides is 1. The standard InChI is InChI=1S/C17H17ClN2O3S/c1-3-11-19-17(21)15-12-13(9-10-16(15)18)20(2)24(22,23)14-7-5-4-6-8-14/h3-10,12H,1,11H2,2H3,(H,19,21). The van der Waals surface area contributed by atoms with Gasteiger partial charge in [-0.15, -0.1) is 6.58 Å². The van der Waals surface area contributed by atoms with Gasteiger partial charge in [-0.3, -0.25) is 9.10 Å². The summed E-state index contributed by atoms with van der Waals surface area (Å²) in [6.07, 6.45) is 1.54. The van der Waals surface area contributed by atoms with E-state index in [1.54, 1.807) is 30.3 Å². The van der Waals surface area contributed by atoms with Crippen molar-refractivity contribution in [1.29, 1.82) is 0 Å². The van der Waals surface area contributed by atoms with Crippen molar-refractivity contribution in [2.45, 2.75) is 4.90 Å². The second-order valence-electron chi connectivity index (χ2n) is 4.95. The molecular weight excluding hydrogens is 348 g/mol. The van der Waals surface area contributed by atoms with Crippen LogP contribution < -0.4 is 9.62 Å². The summed E-state index contributed by atoms with van der Waals surface area (Å²) in [5.41, 5.74) is 0.540. The van der Waals surface area contributed by atoms with Crippen LogP contribution in [0.3, 0.4) is 0 Å². The quantitative estimate of drug-likeness (QED) is 0.801. The van der Waals surface area contributed by atoms with E-state index in [-0.39, 0.29) is 22.0 Å². The zero-order chi connectivity index (χ0) is 17.7. The van der Waals surface area contributed by atoms with Crippen molar-refractivity contribution < 1.29 is 13.2 Å². The second kappa shape index (κ2) is 7.51. The molecule has 24 heavy (non-hydrogen) atoms. The van der Waals surface area contributed by atoms with Crippen molar-refractivity contribution in [2.75, 3.05) is 17.9 Å². The van der Waals surface area contributed by atoms with Crippen molar-refractivity contribution in [1.82, 2.24) is 5.32 Å². The Balaban J connectivity index is 2.38. The molecule has 0 radical (unpaired) electrons. The van der Waals surface area contributed by atoms with E-state index in [1.165, 1.54) is 31.3 Å². The summed E-state index contributed by atoms with van der Waals surface area (Å²) in [5, 5.41) is 2.86. The van der Waals surface area contributed by atoms with E-state index >= 15 is 0 Å². The summed E-state index contributed by atoms with van der Waals surface area (Å²) >= 11 is 6.05. The third-order valence-electron chi connectivity index (χ3n) is 3.37. The Kier molecular flexibility index (Phi) is 5.64. The molecule has 0 saturated heterocycles. The molecule has 0 unspecified atom stereocenters. The van der Waals surface area contributed by atoms with Crippen LogP contribution in [0.1, 0.15) is 10.4 Å². The lowest BCUT2D eigenvalue weighted by molar-refractivity contribution is 0.0958. The molecule has 7 heteroatoms. The minimum Gasteiger partial charge on any atom is -0.349 e. The maximum absolute atomic E-state index is 12.6. The first kappa shape index (κ1) is 18.0. The van der Waals surface area contributed by atoms with E-state index < -0.39 is 15.9 Å². The molecule has 0 spiro atoms. The summed E-state index contributed by atoms with van der Waals surface area (Å²) in [5.74, 6) is -0.396. The number of sulfonamides is 1. The van der Waals surface area contributed by atoms with Crippen molar-refractivity contribution in [3.8, 4) is 0 Å². The van der Waals surface area contributed by atoms with E-state index in [2.05, 4.69) is 11.9 Å². The van der Waals surface area contributed by atoms with Gasteiger partial charge in [-0.25, -0.2) is 8.42 Å². The molecule has 126 valence electrons. The molecule has 2 rings (SSSR count). The summed E-state index contributed by atoms with van der Waals surface area (Å²) in [6, 6.07) is 12.6. The highest BCUT2D eigenvalue weighted by molar-refractivity contribution is 7.92. The maximum Gasteiger partial charge on any atom is 0.264 e. The molecule has 0 atom stereocenters. The van der Waals surface area contributed by atoms with Crippen molar-refractivity contribution >= 4 is 33.2 Å². The number of hydrogen-bond acceptors (Lipinski definition) is 3. The molecular formula is C17H17ClN2O3S. The number of carbonyl (C=O) groups excluding carboxylic acids is 1. The Hall–Kier alpha value is -2.31. The molecule has 0 aromatic heterocycles. The molecule has 2 aromatic carbocycles. The SMILES string of the molecule is C=CCNC(=O)c1cc(N(C)S(=O)(=O)c2ccccc2)ccc1Cl. The average molecular weight is 365 g/mol. The predicted octanol–water partition coefficient (Wildman–Crippen LogP) is 3.08. The molecule has 0 bridgehead atoms. The fraction of sp³-hybridized carbons (Fsp3) is 0.118. The molecule has 0 aliphatic carbocycles. The van der Waals surface area contributed by atoms with E-state index in [1.807, 2.05) is 0 Å². The van der Waals surface area contributed by atoms with Crippen molar-refractivity contribution in [3.05, 3.63) is 71.8 Å². The van der Waals surface area contributed by atoms with Crippen LogP contribution in [0.25, 0.3) is 0 Å². The van der Waals surface area contributed by atoms with Crippen LogP contribution in [0.15, 0.2) is 66.1 Å². The van der Waals surface area contributed by atoms with Gasteiger partial charge in [-0.1, -0.05) is 35.9 Å². The normalized spacial score (nSPS) is 10.9. The van der Waals surface area contributed by atoms with Gasteiger partial charge in [0.15, 0.2) is 0 Å². The number of rotatable bonds is 6. The molecule has 2 aromatic rings. The molecule has 0 aliphatic rings. The zero-order valence-electron chi connectivity index (χ0n) is 13.1. The highest BCUT2D eigenvalue weighted by Gasteiger charge is 2.22. The van der Waals surface area contributed by atoms with Crippen molar-refractivity contribution in [3.63, 3.8) is 0 Å². The van der Waals surface area contributed by atoms with E-state index in [4.69, 9.17) is 11.6 Å². The van der Waals surface area contributed by atoms with Crippen LogP contribution in [-0.4, -0.2) is 27.9 Å². The Morgan fingerprint density at radius 2 is 1.92 bits per heavy atom. The van der Waals surface area contributed by atoms with Gasteiger partial charge in [-0.2, -0.15) is 0 Å². The third kappa shape index (κ3) is 3.77. The smallest absolute Gasteiger partial charge is 0.264 e. The van der Waals surface area contributed by atoms with Crippen LogP contribution in [0, 0.1) is 0 Å². The Bertz CT molecular complexity index is 851. The predicted molar refractivity (Wildman–Crippen MR) is 96.0 cm³/mol. The number of anilines is 1. The Labute approximate surface area is 146 Å². The van der Waals surface area contributed by atoms with Gasteiger partial charge >= 0.3 is 0 Å². The van der Waals surface area contributed by atoms with Gasteiger partial charge in [0, 0.05) is 13.6 Å². The van der Waals surface area contributed by atoms with Gasteiger partial charge in [0.25, 0.3) is 15.9 Å². The first-order chi connectivity index (χ1) is 11.4. The number of carbonyl (C=O) groups is 1. The van der Waals surface area contributed by atoms with Gasteiger partial charge in [0.05, 0.1) is 21.2 Å². The summed E-state index contributed by atoms with van der Waals surface area (Å²) < 4.78 is 26.4. The fourth-order valence-corrected chi connectivity index (χ4v) is 3.44. The molecule has 0 heterocycles. The molecule has 0 saturated carbocycles. The van der Waals surface area contributed by atoms with Gasteiger partial charge < -0.3 is 5.32 Å². The molecule has 0 fully saturated rings. The van der Waals surface area contributed by atoms with Crippen LogP contribution in [0.4, 0.5) is 5.69 Å². The Morgan fingerprint density at radius 3 is 2.54 bits per heavy atom. The van der Waals surface area contributed by atoms with E-state index in [9.17, 15) is 13.2 Å². The number of halogens is 1. The summed E-state index contributed by atoms with van der Waals surface area (Å²) in [7, 11) is -2.29. The number of benzene rings is 2. The third-order valence-corrected chi connectivity index (χ3v) is 5.50. The molecule has 5 nitrogen and oxygen atoms in total. The monoisotopic (exact) mass is 364 g/mol. The first-order valence-corrected chi connectivity index (χ1v) is 8.92. The highest BCUT2D eigenvalue weighted by Crippen LogP contribution is 2.26. The number of nitrogens with one attached hydrogen (secondary N) is 1. The maximum atomic E-state index is 12.6. The van der Waals surface area contributed by atoms with E-state index in [0.29, 0.717) is 5.69 Å². The van der Waals surface area contributed by atoms with Crippen LogP contribution in [0.5, 0.6) is 0 Å². The molecule has 1 N–H and O–H groups in total. The minimum absolute atomic E-state index is 0.167. The molecule has 1 amide bonds. The lowest BCUT2D eigenvalue weighted by Gasteiger charge is -2.20. The highest BCUT2D eigenvalue weighted by atomic mass is 35.5. The van der Waals surface area contributed by atoms with Crippen LogP contribution >= 0.6 is 11.6 Å². The minimum atomic E-state index is -3.72. The zero-order valence-corrected chi connectivity index (χ0v) is 14.6. The van der Waals surface area contributed by atoms with Crippen molar-refractivity contribution in [2.24, 2.45) is 0 Å². The summed E-state index contributed by atoms with van der Waals surface area (Å²) in [6.45, 7) is 3.81. The van der Waals surface area contributed by atoms with Gasteiger partial charge in [0.1, 0.15) is 0 Å². The van der Waals surface area contributed by atoms with Gasteiger partial charge in [0.2, 0.25) is 0 Å². The van der Waals surface area contributed by atoms with E-state index in [0.717, 1.165) is 4.31 Å². The number of hydrogen-bond donors (Lipinski definition) is 1. The topological polar surface area (TPSA) is 66.5 Å². The second-order valence-corrected chi connectivity index (χ2v) is 7.32. The number of nitrogens with zero attached hydrogens (tertiary/aromatic N) is 1. The first-order valence-electron chi connectivity index (χ1n) is 7.10. The lowest BCUT2D eigenvalue weighted by atomic mass is 10.2. The summed E-state index contributed by atoms with van der Waals surface area (Å²) in [4.78, 5) is 12.3. The van der Waals surface area contributed by atoms with Gasteiger partial charge in [-0.05, 0) is 30.3 Å². The van der Waals surface area contributed by atoms with Crippen LogP contribution in [-0.2, 0) is 10.0 Å².